The van der Waals surface area contributed by atoms with E-state index in [2.05, 4.69) is 10.2 Å². The summed E-state index contributed by atoms with van der Waals surface area (Å²) in [4.78, 5) is 13.3. The second-order valence-electron chi connectivity index (χ2n) is 5.23. The lowest BCUT2D eigenvalue weighted by Crippen LogP contribution is -2.29. The van der Waals surface area contributed by atoms with Gasteiger partial charge in [-0.05, 0) is 24.0 Å². The van der Waals surface area contributed by atoms with Gasteiger partial charge in [-0.2, -0.15) is 0 Å². The first-order valence-corrected chi connectivity index (χ1v) is 7.20. The number of amides is 1. The van der Waals surface area contributed by atoms with E-state index in [-0.39, 0.29) is 5.91 Å². The normalized spacial score (nSPS) is 14.6. The van der Waals surface area contributed by atoms with Gasteiger partial charge in [0.25, 0.3) is 0 Å². The van der Waals surface area contributed by atoms with Crippen LogP contribution in [0.15, 0.2) is 28.7 Å². The molecule has 1 fully saturated rings. The van der Waals surface area contributed by atoms with Gasteiger partial charge in [-0.1, -0.05) is 12.1 Å². The van der Waals surface area contributed by atoms with Crippen molar-refractivity contribution in [2.75, 3.05) is 13.1 Å². The molecule has 0 radical (unpaired) electrons. The molecule has 1 aliphatic heterocycles. The third-order valence-corrected chi connectivity index (χ3v) is 3.69. The maximum absolute atomic E-state index is 11.5. The van der Waals surface area contributed by atoms with Crippen molar-refractivity contribution < 1.29 is 19.3 Å². The van der Waals surface area contributed by atoms with Gasteiger partial charge in [-0.15, -0.1) is 10.2 Å². The first kappa shape index (κ1) is 14.7. The minimum Gasteiger partial charge on any atom is -0.423 e. The summed E-state index contributed by atoms with van der Waals surface area (Å²) in [6.07, 6.45) is 2.07. The molecule has 22 heavy (non-hydrogen) atoms. The summed E-state index contributed by atoms with van der Waals surface area (Å²) < 4.78 is 5.58. The van der Waals surface area contributed by atoms with E-state index in [4.69, 9.17) is 14.5 Å². The summed E-state index contributed by atoms with van der Waals surface area (Å²) >= 11 is 0. The Morgan fingerprint density at radius 3 is 2.64 bits per heavy atom. The molecule has 2 aromatic rings. The number of hydrogen-bond acceptors (Lipinski definition) is 6. The third-order valence-electron chi connectivity index (χ3n) is 3.69. The molecule has 8 heteroatoms. The maximum Gasteiger partial charge on any atom is 0.488 e. The van der Waals surface area contributed by atoms with Gasteiger partial charge < -0.3 is 19.4 Å². The van der Waals surface area contributed by atoms with Crippen LogP contribution in [-0.2, 0) is 11.2 Å². The van der Waals surface area contributed by atoms with Crippen LogP contribution in [0.1, 0.15) is 18.7 Å². The van der Waals surface area contributed by atoms with Crippen LogP contribution in [0.5, 0.6) is 0 Å². The van der Waals surface area contributed by atoms with Gasteiger partial charge in [0.2, 0.25) is 17.7 Å². The molecule has 0 spiro atoms. The zero-order valence-electron chi connectivity index (χ0n) is 12.0. The van der Waals surface area contributed by atoms with Gasteiger partial charge >= 0.3 is 7.12 Å². The second-order valence-corrected chi connectivity index (χ2v) is 5.23. The Balaban J connectivity index is 1.64. The van der Waals surface area contributed by atoms with Crippen molar-refractivity contribution in [2.45, 2.75) is 19.3 Å². The molecule has 1 saturated heterocycles. The fraction of sp³-hybridized carbons (Fsp3) is 0.357. The van der Waals surface area contributed by atoms with Crippen molar-refractivity contribution in [3.05, 3.63) is 30.2 Å². The molecule has 2 N–H and O–H groups in total. The zero-order chi connectivity index (χ0) is 15.5. The molecule has 1 amide bonds. The van der Waals surface area contributed by atoms with Crippen molar-refractivity contribution in [1.82, 2.24) is 15.1 Å². The zero-order valence-corrected chi connectivity index (χ0v) is 12.0. The molecular formula is C14H16BN3O4. The number of nitrogens with zero attached hydrogens (tertiary/aromatic N) is 3. The van der Waals surface area contributed by atoms with Gasteiger partial charge in [0.05, 0.1) is 0 Å². The smallest absolute Gasteiger partial charge is 0.423 e. The molecule has 1 aromatic carbocycles. The van der Waals surface area contributed by atoms with Crippen LogP contribution in [0.2, 0.25) is 0 Å². The highest BCUT2D eigenvalue weighted by Crippen LogP contribution is 2.17. The number of likely N-dealkylation sites (tertiary alicyclic amines) is 1. The highest BCUT2D eigenvalue weighted by atomic mass is 16.4. The van der Waals surface area contributed by atoms with Gasteiger partial charge in [0.15, 0.2) is 0 Å². The van der Waals surface area contributed by atoms with E-state index in [1.165, 1.54) is 0 Å². The summed E-state index contributed by atoms with van der Waals surface area (Å²) in [5.41, 5.74) is 1.11. The van der Waals surface area contributed by atoms with E-state index >= 15 is 0 Å². The fourth-order valence-corrected chi connectivity index (χ4v) is 2.44. The Hall–Kier alpha value is -2.19. The summed E-state index contributed by atoms with van der Waals surface area (Å²) in [5.74, 6) is 1.04. The lowest BCUT2D eigenvalue weighted by Gasteiger charge is -2.13. The Morgan fingerprint density at radius 2 is 2.00 bits per heavy atom. The highest BCUT2D eigenvalue weighted by molar-refractivity contribution is 6.58. The molecular weight excluding hydrogens is 285 g/mol. The lowest BCUT2D eigenvalue weighted by molar-refractivity contribution is -0.127. The van der Waals surface area contributed by atoms with E-state index in [9.17, 15) is 4.79 Å². The predicted octanol–water partition coefficient (Wildman–Crippen LogP) is -0.419. The van der Waals surface area contributed by atoms with E-state index in [0.717, 1.165) is 13.0 Å². The quantitative estimate of drug-likeness (QED) is 0.728. The van der Waals surface area contributed by atoms with Gasteiger partial charge in [0, 0.05) is 31.5 Å². The topological polar surface area (TPSA) is 99.7 Å². The molecule has 0 saturated carbocycles. The number of carbonyl (C=O) groups excluding carboxylic acids is 1. The minimum atomic E-state index is -1.50. The van der Waals surface area contributed by atoms with Crippen molar-refractivity contribution in [3.8, 4) is 11.5 Å². The van der Waals surface area contributed by atoms with E-state index in [0.29, 0.717) is 42.2 Å². The molecule has 3 rings (SSSR count). The van der Waals surface area contributed by atoms with Crippen LogP contribution in [-0.4, -0.2) is 51.3 Å². The Kier molecular flexibility index (Phi) is 4.21. The summed E-state index contributed by atoms with van der Waals surface area (Å²) in [6, 6.07) is 6.56. The molecule has 1 aromatic heterocycles. The molecule has 1 aliphatic rings. The molecule has 0 unspecified atom stereocenters. The number of benzene rings is 1. The molecule has 0 bridgehead atoms. The maximum atomic E-state index is 11.5. The molecule has 7 nitrogen and oxygen atoms in total. The first-order valence-electron chi connectivity index (χ1n) is 7.20. The van der Waals surface area contributed by atoms with Crippen LogP contribution >= 0.6 is 0 Å². The van der Waals surface area contributed by atoms with Crippen LogP contribution < -0.4 is 5.46 Å². The van der Waals surface area contributed by atoms with E-state index in [1.807, 2.05) is 0 Å². The largest absolute Gasteiger partial charge is 0.488 e. The first-order chi connectivity index (χ1) is 10.6. The molecule has 114 valence electrons. The number of carbonyl (C=O) groups is 1. The van der Waals surface area contributed by atoms with Crippen molar-refractivity contribution in [1.29, 1.82) is 0 Å². The summed E-state index contributed by atoms with van der Waals surface area (Å²) in [6.45, 7) is 1.39. The monoisotopic (exact) mass is 301 g/mol. The number of hydrogen-bond donors (Lipinski definition) is 2. The van der Waals surface area contributed by atoms with Crippen molar-refractivity contribution in [3.63, 3.8) is 0 Å². The summed E-state index contributed by atoms with van der Waals surface area (Å²) in [7, 11) is -1.50. The predicted molar refractivity (Wildman–Crippen MR) is 79.1 cm³/mol. The summed E-state index contributed by atoms with van der Waals surface area (Å²) in [5, 5.41) is 26.1. The minimum absolute atomic E-state index is 0.179. The molecule has 0 aliphatic carbocycles. The van der Waals surface area contributed by atoms with Crippen LogP contribution in [0.3, 0.4) is 0 Å². The highest BCUT2D eigenvalue weighted by Gasteiger charge is 2.20. The van der Waals surface area contributed by atoms with Crippen molar-refractivity contribution >= 4 is 18.5 Å². The van der Waals surface area contributed by atoms with Crippen LogP contribution in [0.4, 0.5) is 0 Å². The number of rotatable bonds is 5. The van der Waals surface area contributed by atoms with E-state index < -0.39 is 7.12 Å². The second kappa shape index (κ2) is 6.29. The SMILES string of the molecule is O=C1CCCN1CCc1nnc(-c2ccc(B(O)O)cc2)o1. The van der Waals surface area contributed by atoms with Crippen LogP contribution in [0, 0.1) is 0 Å². The lowest BCUT2D eigenvalue weighted by atomic mass is 9.80. The third kappa shape index (κ3) is 3.18. The average Bonchev–Trinajstić information content (AvgIpc) is 3.14. The standard InChI is InChI=1S/C14H16BN3O4/c19-13-2-1-8-18(13)9-7-12-16-17-14(22-12)10-3-5-11(6-4-10)15(20)21/h3-6,20-21H,1-2,7-9H2. The fourth-order valence-electron chi connectivity index (χ4n) is 2.44. The molecule has 2 heterocycles. The van der Waals surface area contributed by atoms with Gasteiger partial charge in [0.1, 0.15) is 0 Å². The van der Waals surface area contributed by atoms with Gasteiger partial charge in [-0.3, -0.25) is 4.79 Å². The number of aromatic nitrogens is 2. The van der Waals surface area contributed by atoms with Crippen LogP contribution in [0.25, 0.3) is 11.5 Å². The average molecular weight is 301 g/mol. The van der Waals surface area contributed by atoms with E-state index in [1.54, 1.807) is 29.2 Å². The molecule has 0 atom stereocenters. The van der Waals surface area contributed by atoms with Crippen molar-refractivity contribution in [2.24, 2.45) is 0 Å². The Labute approximate surface area is 127 Å². The Bertz CT molecular complexity index is 656. The van der Waals surface area contributed by atoms with Gasteiger partial charge in [-0.25, -0.2) is 0 Å². The Morgan fingerprint density at radius 1 is 1.23 bits per heavy atom.